The molecular formula is C22H27NO5. The molecule has 0 radical (unpaired) electrons. The van der Waals surface area contributed by atoms with Crippen molar-refractivity contribution in [2.45, 2.75) is 0 Å². The molecule has 0 aliphatic carbocycles. The van der Waals surface area contributed by atoms with E-state index in [0.717, 1.165) is 17.9 Å². The average molecular weight is 385 g/mol. The molecule has 0 amide bonds. The largest absolute Gasteiger partial charge is 0.493 e. The Labute approximate surface area is 166 Å². The molecule has 28 heavy (non-hydrogen) atoms. The van der Waals surface area contributed by atoms with E-state index in [1.807, 2.05) is 38.4 Å². The summed E-state index contributed by atoms with van der Waals surface area (Å²) in [7, 11) is 8.53. The molecule has 6 nitrogen and oxygen atoms in total. The zero-order chi connectivity index (χ0) is 20.5. The van der Waals surface area contributed by atoms with Crippen LogP contribution in [0.15, 0.2) is 42.5 Å². The first kappa shape index (κ1) is 21.3. The van der Waals surface area contributed by atoms with Crippen LogP contribution >= 0.6 is 0 Å². The molecular weight excluding hydrogens is 358 g/mol. The molecule has 0 N–H and O–H groups in total. The van der Waals surface area contributed by atoms with Crippen molar-refractivity contribution in [1.29, 1.82) is 0 Å². The van der Waals surface area contributed by atoms with Gasteiger partial charge in [0.2, 0.25) is 5.75 Å². The first-order valence-corrected chi connectivity index (χ1v) is 8.89. The molecule has 0 fully saturated rings. The number of carbonyl (C=O) groups is 1. The number of ether oxygens (including phenoxy) is 4. The molecule has 0 spiro atoms. The Hall–Kier alpha value is -2.99. The molecule has 2 aromatic carbocycles. The lowest BCUT2D eigenvalue weighted by Crippen LogP contribution is -2.19. The topological polar surface area (TPSA) is 57.2 Å². The number of allylic oxidation sites excluding steroid dienone is 1. The second kappa shape index (κ2) is 10.4. The van der Waals surface area contributed by atoms with E-state index in [9.17, 15) is 4.79 Å². The Kier molecular flexibility index (Phi) is 7.89. The SMILES string of the molecule is COc1ccc(C(=O)/C=C/c2cccc(OCCN(C)C)c2)c(OC)c1OC. The lowest BCUT2D eigenvalue weighted by atomic mass is 10.1. The molecule has 0 unspecified atom stereocenters. The highest BCUT2D eigenvalue weighted by atomic mass is 16.5. The van der Waals surface area contributed by atoms with Gasteiger partial charge in [-0.05, 0) is 50.0 Å². The van der Waals surface area contributed by atoms with Gasteiger partial charge in [0, 0.05) is 6.54 Å². The highest BCUT2D eigenvalue weighted by molar-refractivity contribution is 6.09. The Balaban J connectivity index is 2.18. The number of ketones is 1. The molecule has 2 aromatic rings. The van der Waals surface area contributed by atoms with Crippen molar-refractivity contribution in [3.05, 3.63) is 53.6 Å². The standard InChI is InChI=1S/C22H27NO5/c1-23(2)13-14-28-17-8-6-7-16(15-17)9-11-19(24)18-10-12-20(25-3)22(27-5)21(18)26-4/h6-12,15H,13-14H2,1-5H3/b11-9+. The fraction of sp³-hybridized carbons (Fsp3) is 0.318. The van der Waals surface area contributed by atoms with Gasteiger partial charge in [-0.25, -0.2) is 0 Å². The predicted octanol–water partition coefficient (Wildman–Crippen LogP) is 3.55. The third kappa shape index (κ3) is 5.50. The normalized spacial score (nSPS) is 10.9. The van der Waals surface area contributed by atoms with Crippen LogP contribution in [-0.4, -0.2) is 59.3 Å². The van der Waals surface area contributed by atoms with Gasteiger partial charge in [0.25, 0.3) is 0 Å². The van der Waals surface area contributed by atoms with Crippen LogP contribution < -0.4 is 18.9 Å². The first-order chi connectivity index (χ1) is 13.5. The number of likely N-dealkylation sites (N-methyl/N-ethyl adjacent to an activating group) is 1. The molecule has 150 valence electrons. The number of carbonyl (C=O) groups excluding carboxylic acids is 1. The number of hydrogen-bond acceptors (Lipinski definition) is 6. The van der Waals surface area contributed by atoms with Crippen LogP contribution in [0.4, 0.5) is 0 Å². The van der Waals surface area contributed by atoms with Gasteiger partial charge in [-0.3, -0.25) is 4.79 Å². The summed E-state index contributed by atoms with van der Waals surface area (Å²) >= 11 is 0. The van der Waals surface area contributed by atoms with Crippen molar-refractivity contribution >= 4 is 11.9 Å². The molecule has 6 heteroatoms. The van der Waals surface area contributed by atoms with Crippen LogP contribution in [0.2, 0.25) is 0 Å². The van der Waals surface area contributed by atoms with Crippen LogP contribution in [0, 0.1) is 0 Å². The summed E-state index contributed by atoms with van der Waals surface area (Å²) in [6.07, 6.45) is 3.25. The lowest BCUT2D eigenvalue weighted by molar-refractivity contribution is 0.104. The maximum atomic E-state index is 12.7. The summed E-state index contributed by atoms with van der Waals surface area (Å²) in [5.41, 5.74) is 1.27. The maximum Gasteiger partial charge on any atom is 0.204 e. The number of methoxy groups -OCH3 is 3. The van der Waals surface area contributed by atoms with Gasteiger partial charge >= 0.3 is 0 Å². The summed E-state index contributed by atoms with van der Waals surface area (Å²) in [4.78, 5) is 14.8. The zero-order valence-corrected chi connectivity index (χ0v) is 17.0. The van der Waals surface area contributed by atoms with Gasteiger partial charge in [-0.1, -0.05) is 18.2 Å². The van der Waals surface area contributed by atoms with Crippen molar-refractivity contribution in [1.82, 2.24) is 4.90 Å². The van der Waals surface area contributed by atoms with Crippen LogP contribution in [0.25, 0.3) is 6.08 Å². The fourth-order valence-corrected chi connectivity index (χ4v) is 2.61. The van der Waals surface area contributed by atoms with Crippen molar-refractivity contribution in [2.75, 3.05) is 48.6 Å². The summed E-state index contributed by atoms with van der Waals surface area (Å²) in [5.74, 6) is 1.80. The maximum absolute atomic E-state index is 12.7. The Morgan fingerprint density at radius 2 is 1.75 bits per heavy atom. The molecule has 0 aromatic heterocycles. The highest BCUT2D eigenvalue weighted by Gasteiger charge is 2.19. The summed E-state index contributed by atoms with van der Waals surface area (Å²) in [5, 5.41) is 0. The van der Waals surface area contributed by atoms with E-state index < -0.39 is 0 Å². The average Bonchev–Trinajstić information content (AvgIpc) is 2.70. The fourth-order valence-electron chi connectivity index (χ4n) is 2.61. The summed E-state index contributed by atoms with van der Waals surface area (Å²) in [6, 6.07) is 10.9. The van der Waals surface area contributed by atoms with Crippen LogP contribution in [0.3, 0.4) is 0 Å². The number of nitrogens with zero attached hydrogens (tertiary/aromatic N) is 1. The van der Waals surface area contributed by atoms with Crippen molar-refractivity contribution in [2.24, 2.45) is 0 Å². The van der Waals surface area contributed by atoms with E-state index in [2.05, 4.69) is 4.90 Å². The first-order valence-electron chi connectivity index (χ1n) is 8.89. The van der Waals surface area contributed by atoms with Crippen LogP contribution in [-0.2, 0) is 0 Å². The predicted molar refractivity (Wildman–Crippen MR) is 110 cm³/mol. The molecule has 0 heterocycles. The van der Waals surface area contributed by atoms with Gasteiger partial charge in [-0.15, -0.1) is 0 Å². The molecule has 2 rings (SSSR count). The van der Waals surface area contributed by atoms with Gasteiger partial charge < -0.3 is 23.8 Å². The number of hydrogen-bond donors (Lipinski definition) is 0. The molecule has 0 saturated heterocycles. The Morgan fingerprint density at radius 3 is 2.39 bits per heavy atom. The lowest BCUT2D eigenvalue weighted by Gasteiger charge is -2.14. The van der Waals surface area contributed by atoms with E-state index in [0.29, 0.717) is 29.4 Å². The van der Waals surface area contributed by atoms with E-state index in [4.69, 9.17) is 18.9 Å². The second-order valence-corrected chi connectivity index (χ2v) is 6.30. The molecule has 0 bridgehead atoms. The van der Waals surface area contributed by atoms with E-state index in [1.165, 1.54) is 27.4 Å². The van der Waals surface area contributed by atoms with Crippen LogP contribution in [0.5, 0.6) is 23.0 Å². The quantitative estimate of drug-likeness (QED) is 0.461. The molecule has 0 aliphatic rings. The van der Waals surface area contributed by atoms with Gasteiger partial charge in [0.1, 0.15) is 12.4 Å². The summed E-state index contributed by atoms with van der Waals surface area (Å²) in [6.45, 7) is 1.43. The Bertz CT molecular complexity index is 830. The minimum absolute atomic E-state index is 0.197. The third-order valence-corrected chi connectivity index (χ3v) is 4.06. The zero-order valence-electron chi connectivity index (χ0n) is 17.0. The Morgan fingerprint density at radius 1 is 1.00 bits per heavy atom. The molecule has 0 saturated carbocycles. The van der Waals surface area contributed by atoms with Crippen LogP contribution in [0.1, 0.15) is 15.9 Å². The second-order valence-electron chi connectivity index (χ2n) is 6.30. The minimum Gasteiger partial charge on any atom is -0.493 e. The number of benzene rings is 2. The van der Waals surface area contributed by atoms with Gasteiger partial charge in [0.05, 0.1) is 26.9 Å². The number of rotatable bonds is 10. The monoisotopic (exact) mass is 385 g/mol. The van der Waals surface area contributed by atoms with Crippen molar-refractivity contribution < 1.29 is 23.7 Å². The molecule has 0 atom stereocenters. The molecule has 0 aliphatic heterocycles. The van der Waals surface area contributed by atoms with Gasteiger partial charge in [0.15, 0.2) is 17.3 Å². The smallest absolute Gasteiger partial charge is 0.204 e. The minimum atomic E-state index is -0.197. The van der Waals surface area contributed by atoms with E-state index in [1.54, 1.807) is 18.2 Å². The summed E-state index contributed by atoms with van der Waals surface area (Å²) < 4.78 is 21.7. The van der Waals surface area contributed by atoms with E-state index in [-0.39, 0.29) is 5.78 Å². The van der Waals surface area contributed by atoms with E-state index >= 15 is 0 Å². The third-order valence-electron chi connectivity index (χ3n) is 4.06. The van der Waals surface area contributed by atoms with Crippen molar-refractivity contribution in [3.8, 4) is 23.0 Å². The van der Waals surface area contributed by atoms with Gasteiger partial charge in [-0.2, -0.15) is 0 Å². The van der Waals surface area contributed by atoms with Crippen molar-refractivity contribution in [3.63, 3.8) is 0 Å². The highest BCUT2D eigenvalue weighted by Crippen LogP contribution is 2.40.